The van der Waals surface area contributed by atoms with Crippen molar-refractivity contribution < 1.29 is 17.9 Å². The number of anilines is 1. The number of nitrogens with zero attached hydrogens (tertiary/aromatic N) is 1. The molecule has 120 valence electrons. The van der Waals surface area contributed by atoms with Crippen LogP contribution in [-0.4, -0.2) is 21.4 Å². The van der Waals surface area contributed by atoms with Crippen molar-refractivity contribution in [3.63, 3.8) is 0 Å². The van der Waals surface area contributed by atoms with Crippen LogP contribution in [0.15, 0.2) is 47.4 Å². The van der Waals surface area contributed by atoms with E-state index in [1.807, 2.05) is 0 Å². The number of primary amides is 1. The maximum absolute atomic E-state index is 12.8. The van der Waals surface area contributed by atoms with Crippen LogP contribution in [0.3, 0.4) is 0 Å². The van der Waals surface area contributed by atoms with E-state index in [-0.39, 0.29) is 16.1 Å². The summed E-state index contributed by atoms with van der Waals surface area (Å²) in [5.41, 5.74) is 7.59. The Labute approximate surface area is 134 Å². The summed E-state index contributed by atoms with van der Waals surface area (Å²) in [5.74, 6) is -0.676. The van der Waals surface area contributed by atoms with Crippen LogP contribution in [0, 0.1) is 0 Å². The van der Waals surface area contributed by atoms with E-state index in [0.717, 1.165) is 15.4 Å². The zero-order chi connectivity index (χ0) is 16.6. The van der Waals surface area contributed by atoms with Gasteiger partial charge in [-0.15, -0.1) is 0 Å². The summed E-state index contributed by atoms with van der Waals surface area (Å²) in [7, 11) is -2.40. The van der Waals surface area contributed by atoms with Gasteiger partial charge in [0, 0.05) is 7.05 Å². The molecule has 7 heteroatoms. The molecule has 1 amide bonds. The minimum absolute atomic E-state index is 0.156. The van der Waals surface area contributed by atoms with Crippen LogP contribution in [0.4, 0.5) is 5.69 Å². The molecule has 0 radical (unpaired) electrons. The molecule has 0 unspecified atom stereocenters. The smallest absolute Gasteiger partial charge is 0.264 e. The predicted octanol–water partition coefficient (Wildman–Crippen LogP) is 1.64. The SMILES string of the molecule is CN(c1ccccc1C(N)=O)S(=O)(=O)c1ccc2c(c1)COC2. The highest BCUT2D eigenvalue weighted by Crippen LogP contribution is 2.28. The number of para-hydroxylation sites is 1. The Kier molecular flexibility index (Phi) is 3.83. The molecule has 0 saturated carbocycles. The molecule has 0 fully saturated rings. The number of carbonyl (C=O) groups excluding carboxylic acids is 1. The van der Waals surface area contributed by atoms with E-state index >= 15 is 0 Å². The van der Waals surface area contributed by atoms with Gasteiger partial charge in [0.25, 0.3) is 15.9 Å². The first-order chi connectivity index (χ1) is 10.9. The van der Waals surface area contributed by atoms with Crippen molar-refractivity contribution in [1.29, 1.82) is 0 Å². The van der Waals surface area contributed by atoms with Gasteiger partial charge < -0.3 is 10.5 Å². The third-order valence-electron chi connectivity index (χ3n) is 3.86. The highest BCUT2D eigenvalue weighted by molar-refractivity contribution is 7.92. The van der Waals surface area contributed by atoms with E-state index < -0.39 is 15.9 Å². The Bertz CT molecular complexity index is 877. The van der Waals surface area contributed by atoms with Gasteiger partial charge in [0.05, 0.1) is 29.4 Å². The predicted molar refractivity (Wildman–Crippen MR) is 85.5 cm³/mol. The lowest BCUT2D eigenvalue weighted by molar-refractivity contribution is 0.100. The zero-order valence-corrected chi connectivity index (χ0v) is 13.3. The summed E-state index contributed by atoms with van der Waals surface area (Å²) < 4.78 is 32.1. The van der Waals surface area contributed by atoms with Crippen LogP contribution in [0.5, 0.6) is 0 Å². The van der Waals surface area contributed by atoms with Crippen LogP contribution < -0.4 is 10.0 Å². The largest absolute Gasteiger partial charge is 0.372 e. The fourth-order valence-corrected chi connectivity index (χ4v) is 3.82. The number of benzene rings is 2. The van der Waals surface area contributed by atoms with Crippen molar-refractivity contribution in [3.05, 3.63) is 59.2 Å². The molecule has 0 aliphatic carbocycles. The Morgan fingerprint density at radius 3 is 2.57 bits per heavy atom. The first kappa shape index (κ1) is 15.5. The maximum atomic E-state index is 12.8. The van der Waals surface area contributed by atoms with Crippen LogP contribution in [0.1, 0.15) is 21.5 Å². The highest BCUT2D eigenvalue weighted by atomic mass is 32.2. The summed E-state index contributed by atoms with van der Waals surface area (Å²) in [5, 5.41) is 0. The van der Waals surface area contributed by atoms with Gasteiger partial charge >= 0.3 is 0 Å². The number of amides is 1. The Morgan fingerprint density at radius 1 is 1.13 bits per heavy atom. The van der Waals surface area contributed by atoms with Gasteiger partial charge in [0.2, 0.25) is 0 Å². The number of rotatable bonds is 4. The summed E-state index contributed by atoms with van der Waals surface area (Å²) >= 11 is 0. The number of carbonyl (C=O) groups is 1. The zero-order valence-electron chi connectivity index (χ0n) is 12.5. The fourth-order valence-electron chi connectivity index (χ4n) is 2.55. The Hall–Kier alpha value is -2.38. The minimum Gasteiger partial charge on any atom is -0.372 e. The number of hydrogen-bond acceptors (Lipinski definition) is 4. The van der Waals surface area contributed by atoms with Gasteiger partial charge in [-0.2, -0.15) is 0 Å². The second-order valence-electron chi connectivity index (χ2n) is 5.28. The van der Waals surface area contributed by atoms with Crippen molar-refractivity contribution in [2.24, 2.45) is 5.73 Å². The van der Waals surface area contributed by atoms with Gasteiger partial charge in [0.1, 0.15) is 0 Å². The fraction of sp³-hybridized carbons (Fsp3) is 0.188. The second kappa shape index (κ2) is 5.68. The molecular weight excluding hydrogens is 316 g/mol. The molecule has 1 aliphatic rings. The van der Waals surface area contributed by atoms with Crippen LogP contribution in [0.25, 0.3) is 0 Å². The highest BCUT2D eigenvalue weighted by Gasteiger charge is 2.26. The van der Waals surface area contributed by atoms with E-state index in [1.165, 1.54) is 13.1 Å². The van der Waals surface area contributed by atoms with E-state index in [2.05, 4.69) is 0 Å². The number of sulfonamides is 1. The van der Waals surface area contributed by atoms with Crippen molar-refractivity contribution in [2.75, 3.05) is 11.4 Å². The van der Waals surface area contributed by atoms with Crippen LogP contribution >= 0.6 is 0 Å². The number of ether oxygens (including phenoxy) is 1. The van der Waals surface area contributed by atoms with Gasteiger partial charge in [-0.05, 0) is 35.4 Å². The first-order valence-corrected chi connectivity index (χ1v) is 8.42. The Morgan fingerprint density at radius 2 is 1.83 bits per heavy atom. The normalized spacial score (nSPS) is 13.6. The van der Waals surface area contributed by atoms with E-state index in [1.54, 1.807) is 36.4 Å². The molecule has 2 N–H and O–H groups in total. The third-order valence-corrected chi connectivity index (χ3v) is 5.63. The molecule has 1 heterocycles. The maximum Gasteiger partial charge on any atom is 0.264 e. The quantitative estimate of drug-likeness (QED) is 0.921. The van der Waals surface area contributed by atoms with E-state index in [9.17, 15) is 13.2 Å². The molecule has 2 aromatic carbocycles. The van der Waals surface area contributed by atoms with Gasteiger partial charge in [0.15, 0.2) is 0 Å². The summed E-state index contributed by atoms with van der Waals surface area (Å²) in [6, 6.07) is 11.3. The molecule has 0 spiro atoms. The van der Waals surface area contributed by atoms with Crippen molar-refractivity contribution in [2.45, 2.75) is 18.1 Å². The minimum atomic E-state index is -3.80. The molecule has 2 aromatic rings. The number of hydrogen-bond donors (Lipinski definition) is 1. The summed E-state index contributed by atoms with van der Waals surface area (Å²) in [6.45, 7) is 0.899. The lowest BCUT2D eigenvalue weighted by atomic mass is 10.1. The number of nitrogens with two attached hydrogens (primary N) is 1. The van der Waals surface area contributed by atoms with Gasteiger partial charge in [-0.1, -0.05) is 18.2 Å². The van der Waals surface area contributed by atoms with Crippen molar-refractivity contribution in [3.8, 4) is 0 Å². The van der Waals surface area contributed by atoms with Crippen molar-refractivity contribution >= 4 is 21.6 Å². The molecule has 0 saturated heterocycles. The second-order valence-corrected chi connectivity index (χ2v) is 7.25. The molecule has 0 atom stereocenters. The molecule has 6 nitrogen and oxygen atoms in total. The van der Waals surface area contributed by atoms with Crippen LogP contribution in [0.2, 0.25) is 0 Å². The first-order valence-electron chi connectivity index (χ1n) is 6.98. The average Bonchev–Trinajstić information content (AvgIpc) is 3.01. The lowest BCUT2D eigenvalue weighted by Crippen LogP contribution is -2.29. The monoisotopic (exact) mass is 332 g/mol. The van der Waals surface area contributed by atoms with Crippen LogP contribution in [-0.2, 0) is 28.0 Å². The molecule has 0 bridgehead atoms. The number of fused-ring (bicyclic) bond motifs is 1. The molecular formula is C16H16N2O4S. The lowest BCUT2D eigenvalue weighted by Gasteiger charge is -2.21. The summed E-state index contributed by atoms with van der Waals surface area (Å²) in [6.07, 6.45) is 0. The Balaban J connectivity index is 2.05. The topological polar surface area (TPSA) is 89.7 Å². The molecule has 3 rings (SSSR count). The average molecular weight is 332 g/mol. The molecule has 0 aromatic heterocycles. The molecule has 1 aliphatic heterocycles. The van der Waals surface area contributed by atoms with Gasteiger partial charge in [-0.3, -0.25) is 9.10 Å². The molecule has 23 heavy (non-hydrogen) atoms. The van der Waals surface area contributed by atoms with E-state index in [0.29, 0.717) is 13.2 Å². The summed E-state index contributed by atoms with van der Waals surface area (Å²) in [4.78, 5) is 11.7. The van der Waals surface area contributed by atoms with Gasteiger partial charge in [-0.25, -0.2) is 8.42 Å². The third kappa shape index (κ3) is 2.69. The standard InChI is InChI=1S/C16H16N2O4S/c1-18(15-5-3-2-4-14(15)16(17)19)23(20,21)13-7-6-11-9-22-10-12(11)8-13/h2-8H,9-10H2,1H3,(H2,17,19). The van der Waals surface area contributed by atoms with E-state index in [4.69, 9.17) is 10.5 Å². The van der Waals surface area contributed by atoms with Crippen molar-refractivity contribution in [1.82, 2.24) is 0 Å².